The fraction of sp³-hybridized carbons (Fsp3) is 0.303. The molecule has 3 heterocycles. The van der Waals surface area contributed by atoms with Crippen LogP contribution >= 0.6 is 23.8 Å². The molecule has 1 saturated heterocycles. The van der Waals surface area contributed by atoms with Gasteiger partial charge in [0.25, 0.3) is 0 Å². The Morgan fingerprint density at radius 2 is 1.79 bits per heavy atom. The van der Waals surface area contributed by atoms with E-state index in [0.717, 1.165) is 39.6 Å². The van der Waals surface area contributed by atoms with E-state index in [1.807, 2.05) is 75.4 Å². The Hall–Kier alpha value is -3.88. The predicted octanol–water partition coefficient (Wildman–Crippen LogP) is 7.62. The topological polar surface area (TPSA) is 71.4 Å². The summed E-state index contributed by atoms with van der Waals surface area (Å²) in [6.07, 6.45) is 1.80. The van der Waals surface area contributed by atoms with Gasteiger partial charge in [-0.25, -0.2) is 0 Å². The van der Waals surface area contributed by atoms with Crippen molar-refractivity contribution in [1.29, 1.82) is 0 Å². The van der Waals surface area contributed by atoms with E-state index in [1.54, 1.807) is 13.3 Å². The number of anilines is 2. The van der Waals surface area contributed by atoms with E-state index in [-0.39, 0.29) is 18.0 Å². The van der Waals surface area contributed by atoms with Gasteiger partial charge in [-0.1, -0.05) is 44.5 Å². The lowest BCUT2D eigenvalue weighted by Gasteiger charge is -2.29. The van der Waals surface area contributed by atoms with Gasteiger partial charge in [-0.2, -0.15) is 0 Å². The Bertz CT molecular complexity index is 1660. The second kappa shape index (κ2) is 11.4. The van der Waals surface area contributed by atoms with Gasteiger partial charge in [0.1, 0.15) is 5.75 Å². The first-order valence-corrected chi connectivity index (χ1v) is 14.7. The molecule has 1 amide bonds. The van der Waals surface area contributed by atoms with Crippen LogP contribution in [0.4, 0.5) is 11.4 Å². The number of nitrogens with zero attached hydrogens (tertiary/aromatic N) is 3. The molecule has 1 aliphatic heterocycles. The molecule has 42 heavy (non-hydrogen) atoms. The number of nitrogens with one attached hydrogen (secondary N) is 2. The lowest BCUT2D eigenvalue weighted by Crippen LogP contribution is -2.30. The van der Waals surface area contributed by atoms with E-state index in [9.17, 15) is 4.79 Å². The van der Waals surface area contributed by atoms with Crippen molar-refractivity contribution in [2.75, 3.05) is 17.3 Å². The molecule has 5 rings (SSSR count). The summed E-state index contributed by atoms with van der Waals surface area (Å²) in [5, 5.41) is 7.82. The van der Waals surface area contributed by atoms with Crippen LogP contribution in [0.2, 0.25) is 5.02 Å². The van der Waals surface area contributed by atoms with Crippen LogP contribution in [0.15, 0.2) is 66.9 Å². The Balaban J connectivity index is 1.67. The Morgan fingerprint density at radius 1 is 1.02 bits per heavy atom. The molecule has 0 unspecified atom stereocenters. The van der Waals surface area contributed by atoms with Crippen molar-refractivity contribution in [2.45, 2.75) is 53.6 Å². The molecule has 0 spiro atoms. The summed E-state index contributed by atoms with van der Waals surface area (Å²) < 4.78 is 8.00. The largest absolute Gasteiger partial charge is 0.494 e. The first-order chi connectivity index (χ1) is 19.9. The van der Waals surface area contributed by atoms with Crippen LogP contribution in [0.25, 0.3) is 5.69 Å². The van der Waals surface area contributed by atoms with Crippen LogP contribution in [0.1, 0.15) is 61.1 Å². The van der Waals surface area contributed by atoms with Gasteiger partial charge in [-0.15, -0.1) is 0 Å². The second-order valence-electron chi connectivity index (χ2n) is 11.6. The highest BCUT2D eigenvalue weighted by Gasteiger charge is 2.43. The standard InChI is InChI=1S/C33H36ClN5O2S/c1-19-20(2)38(23-12-10-11-22(34)17-23)21(3)28(19)30-29(26-13-8-9-16-35-26)37-32(42)39(30)24-14-15-25(27(18-24)41-7)36-31(40)33(4,5)6/h8-18,29-30H,1-7H3,(H,36,40)(H,37,42)/t29-,30-/m1/s1. The van der Waals surface area contributed by atoms with E-state index >= 15 is 0 Å². The highest BCUT2D eigenvalue weighted by Crippen LogP contribution is 2.46. The number of pyridine rings is 1. The van der Waals surface area contributed by atoms with Gasteiger partial charge < -0.3 is 24.8 Å². The maximum Gasteiger partial charge on any atom is 0.229 e. The fourth-order valence-corrected chi connectivity index (χ4v) is 6.14. The molecule has 2 aromatic carbocycles. The van der Waals surface area contributed by atoms with Crippen molar-refractivity contribution in [3.05, 3.63) is 100 Å². The van der Waals surface area contributed by atoms with E-state index < -0.39 is 5.41 Å². The quantitative estimate of drug-likeness (QED) is 0.222. The molecule has 0 saturated carbocycles. The van der Waals surface area contributed by atoms with Gasteiger partial charge >= 0.3 is 0 Å². The molecule has 2 aromatic heterocycles. The number of carbonyl (C=O) groups is 1. The van der Waals surface area contributed by atoms with Crippen LogP contribution in [-0.2, 0) is 4.79 Å². The molecule has 1 aliphatic rings. The van der Waals surface area contributed by atoms with Crippen molar-refractivity contribution in [3.63, 3.8) is 0 Å². The summed E-state index contributed by atoms with van der Waals surface area (Å²) in [5.74, 6) is 0.457. The number of hydrogen-bond donors (Lipinski definition) is 2. The zero-order valence-electron chi connectivity index (χ0n) is 24.9. The first-order valence-electron chi connectivity index (χ1n) is 13.9. The molecule has 218 valence electrons. The average molecular weight is 602 g/mol. The number of rotatable bonds is 6. The summed E-state index contributed by atoms with van der Waals surface area (Å²) in [6, 6.07) is 19.1. The lowest BCUT2D eigenvalue weighted by atomic mass is 9.93. The summed E-state index contributed by atoms with van der Waals surface area (Å²) in [5.41, 5.74) is 7.32. The van der Waals surface area contributed by atoms with Crippen LogP contribution in [0.3, 0.4) is 0 Å². The highest BCUT2D eigenvalue weighted by molar-refractivity contribution is 7.80. The van der Waals surface area contributed by atoms with Crippen LogP contribution < -0.4 is 20.3 Å². The molecule has 2 N–H and O–H groups in total. The molecular formula is C33H36ClN5O2S. The van der Waals surface area contributed by atoms with Gasteiger partial charge in [-0.05, 0) is 81.0 Å². The minimum Gasteiger partial charge on any atom is -0.494 e. The third kappa shape index (κ3) is 5.37. The number of thiocarbonyl (C=S) groups is 1. The molecule has 0 aliphatic carbocycles. The minimum absolute atomic E-state index is 0.0934. The van der Waals surface area contributed by atoms with E-state index in [0.29, 0.717) is 21.6 Å². The summed E-state index contributed by atoms with van der Waals surface area (Å²) in [4.78, 5) is 19.6. The third-order valence-corrected chi connectivity index (χ3v) is 8.41. The van der Waals surface area contributed by atoms with Gasteiger partial charge in [0.2, 0.25) is 5.91 Å². The third-order valence-electron chi connectivity index (χ3n) is 7.86. The molecule has 0 bridgehead atoms. The van der Waals surface area contributed by atoms with Gasteiger partial charge in [-0.3, -0.25) is 9.78 Å². The van der Waals surface area contributed by atoms with Crippen molar-refractivity contribution in [2.24, 2.45) is 5.41 Å². The number of benzene rings is 2. The summed E-state index contributed by atoms with van der Waals surface area (Å²) in [6.45, 7) is 12.0. The number of hydrogen-bond acceptors (Lipinski definition) is 4. The molecular weight excluding hydrogens is 566 g/mol. The number of amides is 1. The molecule has 1 fully saturated rings. The maximum atomic E-state index is 12.8. The van der Waals surface area contributed by atoms with Crippen LogP contribution in [0, 0.1) is 26.2 Å². The average Bonchev–Trinajstić information content (AvgIpc) is 3.40. The smallest absolute Gasteiger partial charge is 0.229 e. The van der Waals surface area contributed by atoms with Crippen molar-refractivity contribution >= 4 is 46.2 Å². The Labute approximate surface area is 257 Å². The monoisotopic (exact) mass is 601 g/mol. The number of halogens is 1. The van der Waals surface area contributed by atoms with Crippen molar-refractivity contribution < 1.29 is 9.53 Å². The maximum absolute atomic E-state index is 12.8. The number of carbonyl (C=O) groups excluding carboxylic acids is 1. The zero-order valence-corrected chi connectivity index (χ0v) is 26.5. The molecule has 9 heteroatoms. The number of aromatic nitrogens is 2. The fourth-order valence-electron chi connectivity index (χ4n) is 5.61. The Kier molecular flexibility index (Phi) is 8.05. The molecule has 7 nitrogen and oxygen atoms in total. The minimum atomic E-state index is -0.547. The van der Waals surface area contributed by atoms with Crippen LogP contribution in [0.5, 0.6) is 5.75 Å². The van der Waals surface area contributed by atoms with E-state index in [1.165, 1.54) is 0 Å². The summed E-state index contributed by atoms with van der Waals surface area (Å²) in [7, 11) is 1.60. The second-order valence-corrected chi connectivity index (χ2v) is 12.4. The van der Waals surface area contributed by atoms with E-state index in [2.05, 4.69) is 46.9 Å². The zero-order chi connectivity index (χ0) is 30.3. The number of methoxy groups -OCH3 is 1. The number of ether oxygens (including phenoxy) is 1. The lowest BCUT2D eigenvalue weighted by molar-refractivity contribution is -0.123. The van der Waals surface area contributed by atoms with Gasteiger partial charge in [0.05, 0.1) is 30.6 Å². The highest BCUT2D eigenvalue weighted by atomic mass is 35.5. The van der Waals surface area contributed by atoms with Crippen molar-refractivity contribution in [3.8, 4) is 11.4 Å². The molecule has 0 radical (unpaired) electrons. The molecule has 4 aromatic rings. The van der Waals surface area contributed by atoms with Gasteiger partial charge in [0.15, 0.2) is 5.11 Å². The first kappa shape index (κ1) is 29.6. The Morgan fingerprint density at radius 3 is 2.43 bits per heavy atom. The molecule has 2 atom stereocenters. The van der Waals surface area contributed by atoms with Gasteiger partial charge in [0, 0.05) is 51.0 Å². The normalized spacial score (nSPS) is 16.9. The van der Waals surface area contributed by atoms with Crippen LogP contribution in [-0.4, -0.2) is 27.7 Å². The van der Waals surface area contributed by atoms with Crippen molar-refractivity contribution in [1.82, 2.24) is 14.9 Å². The SMILES string of the molecule is COc1cc(N2C(=S)N[C@H](c3ccccn3)[C@H]2c2c(C)c(C)n(-c3cccc(Cl)c3)c2C)ccc1NC(=O)C(C)(C)C. The summed E-state index contributed by atoms with van der Waals surface area (Å²) >= 11 is 12.4. The van der Waals surface area contributed by atoms with E-state index in [4.69, 9.17) is 33.5 Å². The predicted molar refractivity (Wildman–Crippen MR) is 174 cm³/mol.